The van der Waals surface area contributed by atoms with Gasteiger partial charge in [-0.05, 0) is 78.6 Å². The Hall–Kier alpha value is -4.51. The Morgan fingerprint density at radius 1 is 0.947 bits per heavy atom. The number of ether oxygens (including phenoxy) is 1. The van der Waals surface area contributed by atoms with Crippen molar-refractivity contribution in [2.24, 2.45) is 0 Å². The molecule has 0 amide bonds. The third kappa shape index (κ3) is 4.52. The van der Waals surface area contributed by atoms with Gasteiger partial charge in [-0.15, -0.1) is 0 Å². The van der Waals surface area contributed by atoms with Crippen LogP contribution in [-0.4, -0.2) is 25.3 Å². The summed E-state index contributed by atoms with van der Waals surface area (Å²) in [6.07, 6.45) is 1.24. The molecule has 194 valence electrons. The molecule has 5 rings (SSSR count). The van der Waals surface area contributed by atoms with Crippen molar-refractivity contribution in [1.82, 2.24) is 9.72 Å². The van der Waals surface area contributed by atoms with Crippen LogP contribution in [0.25, 0.3) is 27.7 Å². The number of methoxy groups -OCH3 is 1. The highest BCUT2D eigenvalue weighted by molar-refractivity contribution is 7.92. The summed E-state index contributed by atoms with van der Waals surface area (Å²) >= 11 is 0. The van der Waals surface area contributed by atoms with Crippen LogP contribution >= 0.6 is 0 Å². The van der Waals surface area contributed by atoms with Crippen molar-refractivity contribution >= 4 is 26.7 Å². The lowest BCUT2D eigenvalue weighted by atomic mass is 9.98. The molecule has 0 unspecified atom stereocenters. The number of pyridine rings is 1. The largest absolute Gasteiger partial charge is 0.495 e. The number of benzene rings is 3. The van der Waals surface area contributed by atoms with Crippen LogP contribution in [-0.2, 0) is 10.0 Å². The van der Waals surface area contributed by atoms with Crippen LogP contribution in [0.5, 0.6) is 5.75 Å². The lowest BCUT2D eigenvalue weighted by Crippen LogP contribution is -2.20. The molecular formula is C27H21F2N3O5S. The SMILES string of the molecule is COc1cc(-c2cc(F)cc(F)c2)c(C)cc1-n1c(=O)cc(C)c2cc(S(=O)(=O)Nc3ccon3)ccc21. The predicted molar refractivity (Wildman–Crippen MR) is 138 cm³/mol. The number of rotatable bonds is 6. The quantitative estimate of drug-likeness (QED) is 0.313. The standard InChI is InChI=1S/C27H21F2N3O5S/c1-15-8-24(25(36-3)14-21(15)17-10-18(28)12-19(29)11-17)32-23-5-4-20(13-22(23)16(2)9-27(32)33)38(34,35)31-26-6-7-37-30-26/h4-14H,1-3H3,(H,30,31). The number of halogens is 2. The molecule has 8 nitrogen and oxygen atoms in total. The molecule has 5 aromatic rings. The van der Waals surface area contributed by atoms with Gasteiger partial charge in [-0.2, -0.15) is 0 Å². The summed E-state index contributed by atoms with van der Waals surface area (Å²) in [6, 6.07) is 13.7. The third-order valence-corrected chi connectivity index (χ3v) is 7.47. The summed E-state index contributed by atoms with van der Waals surface area (Å²) in [5.41, 5.74) is 2.52. The molecule has 0 radical (unpaired) electrons. The summed E-state index contributed by atoms with van der Waals surface area (Å²) in [5, 5.41) is 4.09. The number of anilines is 1. The normalized spacial score (nSPS) is 11.6. The summed E-state index contributed by atoms with van der Waals surface area (Å²) < 4.78 is 67.6. The van der Waals surface area contributed by atoms with E-state index in [9.17, 15) is 22.0 Å². The maximum atomic E-state index is 13.9. The van der Waals surface area contributed by atoms with Gasteiger partial charge >= 0.3 is 0 Å². The van der Waals surface area contributed by atoms with Gasteiger partial charge in [0.15, 0.2) is 5.82 Å². The van der Waals surface area contributed by atoms with Crippen molar-refractivity contribution in [3.05, 3.63) is 100 Å². The van der Waals surface area contributed by atoms with Crippen LogP contribution in [0.15, 0.2) is 81.1 Å². The highest BCUT2D eigenvalue weighted by Crippen LogP contribution is 2.35. The molecule has 0 aliphatic heterocycles. The van der Waals surface area contributed by atoms with Crippen molar-refractivity contribution in [1.29, 1.82) is 0 Å². The van der Waals surface area contributed by atoms with E-state index >= 15 is 0 Å². The molecule has 0 saturated heterocycles. The van der Waals surface area contributed by atoms with E-state index in [1.165, 1.54) is 60.4 Å². The van der Waals surface area contributed by atoms with Crippen molar-refractivity contribution < 1.29 is 26.5 Å². The first kappa shape index (κ1) is 25.2. The molecule has 2 heterocycles. The van der Waals surface area contributed by atoms with Crippen molar-refractivity contribution in [3.63, 3.8) is 0 Å². The van der Waals surface area contributed by atoms with Gasteiger partial charge in [-0.3, -0.25) is 14.1 Å². The Balaban J connectivity index is 1.69. The molecule has 0 saturated carbocycles. The number of sulfonamides is 1. The van der Waals surface area contributed by atoms with Crippen LogP contribution in [0.1, 0.15) is 11.1 Å². The van der Waals surface area contributed by atoms with E-state index in [2.05, 4.69) is 14.4 Å². The number of fused-ring (bicyclic) bond motifs is 1. The lowest BCUT2D eigenvalue weighted by Gasteiger charge is -2.18. The first-order chi connectivity index (χ1) is 18.1. The highest BCUT2D eigenvalue weighted by Gasteiger charge is 2.20. The second kappa shape index (κ2) is 9.42. The molecule has 0 bridgehead atoms. The Morgan fingerprint density at radius 3 is 2.34 bits per heavy atom. The molecule has 0 fully saturated rings. The fourth-order valence-corrected chi connectivity index (χ4v) is 5.40. The second-order valence-corrected chi connectivity index (χ2v) is 10.3. The Morgan fingerprint density at radius 2 is 1.68 bits per heavy atom. The van der Waals surface area contributed by atoms with Gasteiger partial charge in [-0.1, -0.05) is 5.16 Å². The number of hydrogen-bond donors (Lipinski definition) is 1. The molecule has 0 aliphatic carbocycles. The van der Waals surface area contributed by atoms with Crippen LogP contribution < -0.4 is 15.0 Å². The average molecular weight is 538 g/mol. The fourth-order valence-electron chi connectivity index (χ4n) is 4.38. The summed E-state index contributed by atoms with van der Waals surface area (Å²) in [6.45, 7) is 3.46. The molecule has 3 aromatic carbocycles. The zero-order chi connectivity index (χ0) is 27.2. The minimum absolute atomic E-state index is 0.0327. The van der Waals surface area contributed by atoms with E-state index in [0.29, 0.717) is 38.8 Å². The smallest absolute Gasteiger partial charge is 0.263 e. The van der Waals surface area contributed by atoms with Gasteiger partial charge in [0.05, 0.1) is 23.2 Å². The van der Waals surface area contributed by atoms with Crippen LogP contribution in [0, 0.1) is 25.5 Å². The summed E-state index contributed by atoms with van der Waals surface area (Å²) in [5.74, 6) is -1.11. The topological polar surface area (TPSA) is 103 Å². The van der Waals surface area contributed by atoms with Crippen molar-refractivity contribution in [3.8, 4) is 22.6 Å². The van der Waals surface area contributed by atoms with E-state index in [1.54, 1.807) is 26.0 Å². The van der Waals surface area contributed by atoms with Crippen molar-refractivity contribution in [2.45, 2.75) is 18.7 Å². The van der Waals surface area contributed by atoms with Gasteiger partial charge < -0.3 is 9.26 Å². The van der Waals surface area contributed by atoms with E-state index in [4.69, 9.17) is 4.74 Å². The maximum absolute atomic E-state index is 13.9. The number of nitrogens with one attached hydrogen (secondary N) is 1. The van der Waals surface area contributed by atoms with Gasteiger partial charge in [0.25, 0.3) is 15.6 Å². The first-order valence-corrected chi connectivity index (χ1v) is 12.8. The Kier molecular flexibility index (Phi) is 6.23. The zero-order valence-electron chi connectivity index (χ0n) is 20.5. The highest BCUT2D eigenvalue weighted by atomic mass is 32.2. The lowest BCUT2D eigenvalue weighted by molar-refractivity contribution is 0.413. The Bertz CT molecular complexity index is 1850. The minimum atomic E-state index is -3.99. The molecule has 0 atom stereocenters. The van der Waals surface area contributed by atoms with Gasteiger partial charge in [-0.25, -0.2) is 17.2 Å². The van der Waals surface area contributed by atoms with Gasteiger partial charge in [0.2, 0.25) is 0 Å². The van der Waals surface area contributed by atoms with E-state index in [0.717, 1.165) is 6.07 Å². The predicted octanol–water partition coefficient (Wildman–Crippen LogP) is 5.35. The first-order valence-electron chi connectivity index (χ1n) is 11.3. The molecular weight excluding hydrogens is 516 g/mol. The second-order valence-electron chi connectivity index (χ2n) is 8.67. The minimum Gasteiger partial charge on any atom is -0.495 e. The zero-order valence-corrected chi connectivity index (χ0v) is 21.3. The van der Waals surface area contributed by atoms with E-state index in [-0.39, 0.29) is 22.0 Å². The molecule has 0 aliphatic rings. The van der Waals surface area contributed by atoms with Gasteiger partial charge in [0.1, 0.15) is 23.6 Å². The molecule has 0 spiro atoms. The van der Waals surface area contributed by atoms with Crippen LogP contribution in [0.4, 0.5) is 14.6 Å². The van der Waals surface area contributed by atoms with Crippen LogP contribution in [0.3, 0.4) is 0 Å². The molecule has 1 N–H and O–H groups in total. The van der Waals surface area contributed by atoms with Crippen molar-refractivity contribution in [2.75, 3.05) is 11.8 Å². The number of aryl methyl sites for hydroxylation is 2. The molecule has 2 aromatic heterocycles. The summed E-state index contributed by atoms with van der Waals surface area (Å²) in [7, 11) is -2.57. The number of aromatic nitrogens is 2. The molecule has 11 heteroatoms. The Labute approximate surface area is 216 Å². The van der Waals surface area contributed by atoms with Crippen LogP contribution in [0.2, 0.25) is 0 Å². The fraction of sp³-hybridized carbons (Fsp3) is 0.111. The average Bonchev–Trinajstić information content (AvgIpc) is 3.35. The monoisotopic (exact) mass is 537 g/mol. The maximum Gasteiger partial charge on any atom is 0.263 e. The van der Waals surface area contributed by atoms with Gasteiger partial charge in [0, 0.05) is 23.6 Å². The number of nitrogens with zero attached hydrogens (tertiary/aromatic N) is 2. The van der Waals surface area contributed by atoms with E-state index in [1.807, 2.05) is 0 Å². The molecule has 38 heavy (non-hydrogen) atoms. The number of hydrogen-bond acceptors (Lipinski definition) is 6. The van der Waals surface area contributed by atoms with E-state index < -0.39 is 21.7 Å². The third-order valence-electron chi connectivity index (χ3n) is 6.12. The summed E-state index contributed by atoms with van der Waals surface area (Å²) in [4.78, 5) is 13.2.